The molecule has 0 aliphatic carbocycles. The van der Waals surface area contributed by atoms with Crippen LogP contribution in [0.4, 0.5) is 0 Å². The smallest absolute Gasteiger partial charge is 0.0406 e. The molecule has 0 saturated heterocycles. The summed E-state index contributed by atoms with van der Waals surface area (Å²) in [5.74, 6) is 0. The molecule has 1 rings (SSSR count). The van der Waals surface area contributed by atoms with E-state index in [1.807, 2.05) is 30.3 Å². The Morgan fingerprint density at radius 3 is 2.46 bits per heavy atom. The average molecular weight is 193 g/mol. The molecule has 0 spiro atoms. The maximum absolute atomic E-state index is 5.76. The van der Waals surface area contributed by atoms with Crippen molar-refractivity contribution in [1.82, 2.24) is 0 Å². The Balaban J connectivity index is 2.49. The third-order valence-electron chi connectivity index (χ3n) is 1.72. The van der Waals surface area contributed by atoms with E-state index in [2.05, 4.69) is 18.7 Å². The quantitative estimate of drug-likeness (QED) is 0.493. The van der Waals surface area contributed by atoms with Crippen molar-refractivity contribution >= 4 is 17.7 Å². The van der Waals surface area contributed by atoms with Crippen LogP contribution in [-0.4, -0.2) is 0 Å². The van der Waals surface area contributed by atoms with Gasteiger partial charge < -0.3 is 0 Å². The summed E-state index contributed by atoms with van der Waals surface area (Å²) < 4.78 is 0. The Labute approximate surface area is 84.5 Å². The van der Waals surface area contributed by atoms with E-state index >= 15 is 0 Å². The van der Waals surface area contributed by atoms with Crippen LogP contribution in [0.25, 0.3) is 6.08 Å². The standard InChI is InChI=1S/C12H13Cl/c1-2-3-4-5-6-11-7-9-12(13)10-8-11/h2,5-10H,1,3-4H2. The van der Waals surface area contributed by atoms with Crippen molar-refractivity contribution in [2.45, 2.75) is 12.8 Å². The fourth-order valence-corrected chi connectivity index (χ4v) is 1.13. The van der Waals surface area contributed by atoms with E-state index in [0.717, 1.165) is 17.9 Å². The monoisotopic (exact) mass is 192 g/mol. The first-order valence-electron chi connectivity index (χ1n) is 4.36. The van der Waals surface area contributed by atoms with Gasteiger partial charge in [0.25, 0.3) is 0 Å². The highest BCUT2D eigenvalue weighted by Crippen LogP contribution is 2.10. The summed E-state index contributed by atoms with van der Waals surface area (Å²) in [5.41, 5.74) is 1.19. The largest absolute Gasteiger partial charge is 0.103 e. The predicted molar refractivity (Wildman–Crippen MR) is 59.9 cm³/mol. The van der Waals surface area contributed by atoms with E-state index in [4.69, 9.17) is 11.6 Å². The third-order valence-corrected chi connectivity index (χ3v) is 1.97. The Hall–Kier alpha value is -1.01. The van der Waals surface area contributed by atoms with Gasteiger partial charge in [-0.25, -0.2) is 0 Å². The molecule has 0 amide bonds. The molecular weight excluding hydrogens is 180 g/mol. The van der Waals surface area contributed by atoms with Crippen molar-refractivity contribution in [1.29, 1.82) is 0 Å². The van der Waals surface area contributed by atoms with Gasteiger partial charge in [-0.1, -0.05) is 42.0 Å². The van der Waals surface area contributed by atoms with Gasteiger partial charge in [0.15, 0.2) is 0 Å². The third kappa shape index (κ3) is 3.95. The summed E-state index contributed by atoms with van der Waals surface area (Å²) in [6.07, 6.45) is 8.24. The zero-order valence-electron chi connectivity index (χ0n) is 7.54. The summed E-state index contributed by atoms with van der Waals surface area (Å²) in [7, 11) is 0. The van der Waals surface area contributed by atoms with E-state index < -0.39 is 0 Å². The molecule has 0 unspecified atom stereocenters. The molecule has 0 atom stereocenters. The van der Waals surface area contributed by atoms with Gasteiger partial charge >= 0.3 is 0 Å². The fraction of sp³-hybridized carbons (Fsp3) is 0.167. The van der Waals surface area contributed by atoms with Gasteiger partial charge in [0.05, 0.1) is 0 Å². The molecule has 0 radical (unpaired) electrons. The maximum Gasteiger partial charge on any atom is 0.0406 e. The molecule has 0 aliphatic rings. The number of unbranched alkanes of at least 4 members (excludes halogenated alkanes) is 1. The SMILES string of the molecule is C=CCCC=Cc1ccc(Cl)cc1. The topological polar surface area (TPSA) is 0 Å². The molecule has 0 nitrogen and oxygen atoms in total. The van der Waals surface area contributed by atoms with Crippen LogP contribution < -0.4 is 0 Å². The van der Waals surface area contributed by atoms with Crippen LogP contribution >= 0.6 is 11.6 Å². The van der Waals surface area contributed by atoms with Crippen molar-refractivity contribution in [2.24, 2.45) is 0 Å². The molecule has 0 heterocycles. The molecule has 1 aromatic carbocycles. The fourth-order valence-electron chi connectivity index (χ4n) is 1.01. The zero-order valence-corrected chi connectivity index (χ0v) is 8.30. The lowest BCUT2D eigenvalue weighted by molar-refractivity contribution is 1.06. The summed E-state index contributed by atoms with van der Waals surface area (Å²) in [5, 5.41) is 0.781. The summed E-state index contributed by atoms with van der Waals surface area (Å²) >= 11 is 5.76. The lowest BCUT2D eigenvalue weighted by Gasteiger charge is -1.92. The maximum atomic E-state index is 5.76. The van der Waals surface area contributed by atoms with Gasteiger partial charge in [-0.15, -0.1) is 6.58 Å². The molecule has 1 heteroatoms. The van der Waals surface area contributed by atoms with Crippen LogP contribution in [0.5, 0.6) is 0 Å². The summed E-state index contributed by atoms with van der Waals surface area (Å²) in [6.45, 7) is 3.67. The Morgan fingerprint density at radius 2 is 1.85 bits per heavy atom. The van der Waals surface area contributed by atoms with Gasteiger partial charge in [0, 0.05) is 5.02 Å². The molecule has 1 aromatic rings. The molecule has 0 saturated carbocycles. The van der Waals surface area contributed by atoms with Gasteiger partial charge in [-0.3, -0.25) is 0 Å². The van der Waals surface area contributed by atoms with Gasteiger partial charge in [0.2, 0.25) is 0 Å². The Morgan fingerprint density at radius 1 is 1.15 bits per heavy atom. The number of hydrogen-bond acceptors (Lipinski definition) is 0. The molecule has 0 N–H and O–H groups in total. The molecule has 13 heavy (non-hydrogen) atoms. The zero-order chi connectivity index (χ0) is 9.52. The second-order valence-electron chi connectivity index (χ2n) is 2.82. The van der Waals surface area contributed by atoms with E-state index in [9.17, 15) is 0 Å². The predicted octanol–water partition coefficient (Wildman–Crippen LogP) is 4.32. The van der Waals surface area contributed by atoms with Crippen molar-refractivity contribution in [3.63, 3.8) is 0 Å². The first kappa shape index (κ1) is 10.1. The molecule has 0 aromatic heterocycles. The normalized spacial score (nSPS) is 10.5. The van der Waals surface area contributed by atoms with Crippen molar-refractivity contribution in [3.05, 3.63) is 53.6 Å². The van der Waals surface area contributed by atoms with Crippen molar-refractivity contribution in [2.75, 3.05) is 0 Å². The highest BCUT2D eigenvalue weighted by Gasteiger charge is 1.86. The van der Waals surface area contributed by atoms with E-state index in [0.29, 0.717) is 0 Å². The lowest BCUT2D eigenvalue weighted by atomic mass is 10.2. The molecule has 0 aliphatic heterocycles. The average Bonchev–Trinajstić information content (AvgIpc) is 2.15. The van der Waals surface area contributed by atoms with Gasteiger partial charge in [-0.2, -0.15) is 0 Å². The van der Waals surface area contributed by atoms with Crippen LogP contribution in [0.3, 0.4) is 0 Å². The van der Waals surface area contributed by atoms with Gasteiger partial charge in [0.1, 0.15) is 0 Å². The van der Waals surface area contributed by atoms with E-state index in [1.165, 1.54) is 5.56 Å². The van der Waals surface area contributed by atoms with Crippen molar-refractivity contribution < 1.29 is 0 Å². The minimum absolute atomic E-state index is 0.781. The minimum atomic E-state index is 0.781. The number of rotatable bonds is 4. The van der Waals surface area contributed by atoms with E-state index in [1.54, 1.807) is 0 Å². The second kappa shape index (κ2) is 5.60. The van der Waals surface area contributed by atoms with Crippen LogP contribution in [-0.2, 0) is 0 Å². The Kier molecular flexibility index (Phi) is 4.34. The summed E-state index contributed by atoms with van der Waals surface area (Å²) in [4.78, 5) is 0. The minimum Gasteiger partial charge on any atom is -0.103 e. The number of halogens is 1. The summed E-state index contributed by atoms with van der Waals surface area (Å²) in [6, 6.07) is 7.81. The highest BCUT2D eigenvalue weighted by atomic mass is 35.5. The highest BCUT2D eigenvalue weighted by molar-refractivity contribution is 6.30. The van der Waals surface area contributed by atoms with Gasteiger partial charge in [-0.05, 0) is 30.5 Å². The van der Waals surface area contributed by atoms with Crippen LogP contribution in [0, 0.1) is 0 Å². The van der Waals surface area contributed by atoms with E-state index in [-0.39, 0.29) is 0 Å². The second-order valence-corrected chi connectivity index (χ2v) is 3.26. The molecule has 68 valence electrons. The van der Waals surface area contributed by atoms with Crippen molar-refractivity contribution in [3.8, 4) is 0 Å². The molecule has 0 bridgehead atoms. The molecule has 0 fully saturated rings. The lowest BCUT2D eigenvalue weighted by Crippen LogP contribution is -1.70. The number of allylic oxidation sites excluding steroid dienone is 2. The van der Waals surface area contributed by atoms with Crippen LogP contribution in [0.1, 0.15) is 18.4 Å². The first-order chi connectivity index (χ1) is 6.33. The molecular formula is C12H13Cl. The van der Waals surface area contributed by atoms with Crippen LogP contribution in [0.15, 0.2) is 43.0 Å². The first-order valence-corrected chi connectivity index (χ1v) is 4.74. The number of hydrogen-bond donors (Lipinski definition) is 0. The Bertz CT molecular complexity index is 282. The number of benzene rings is 1. The van der Waals surface area contributed by atoms with Crippen LogP contribution in [0.2, 0.25) is 5.02 Å².